The number of allylic oxidation sites excluding steroid dienone is 1. The van der Waals surface area contributed by atoms with Crippen molar-refractivity contribution in [2.75, 3.05) is 34.4 Å². The van der Waals surface area contributed by atoms with E-state index in [1.54, 1.807) is 14.2 Å². The maximum atomic E-state index is 13.1. The second-order valence-electron chi connectivity index (χ2n) is 10.6. The smallest absolute Gasteiger partial charge is 0.311 e. The highest BCUT2D eigenvalue weighted by Gasteiger charge is 2.56. The van der Waals surface area contributed by atoms with Crippen LogP contribution in [0.5, 0.6) is 11.5 Å². The molecule has 0 radical (unpaired) electrons. The van der Waals surface area contributed by atoms with Crippen molar-refractivity contribution in [3.63, 3.8) is 0 Å². The number of hydrogen-bond donors (Lipinski definition) is 1. The van der Waals surface area contributed by atoms with Gasteiger partial charge >= 0.3 is 5.97 Å². The summed E-state index contributed by atoms with van der Waals surface area (Å²) in [6.45, 7) is 4.94. The van der Waals surface area contributed by atoms with E-state index in [0.29, 0.717) is 36.6 Å². The highest BCUT2D eigenvalue weighted by Crippen LogP contribution is 2.58. The van der Waals surface area contributed by atoms with E-state index in [2.05, 4.69) is 29.9 Å². The van der Waals surface area contributed by atoms with Gasteiger partial charge in [0.1, 0.15) is 0 Å². The van der Waals surface area contributed by atoms with Crippen LogP contribution in [0.15, 0.2) is 36.6 Å². The molecule has 1 fully saturated rings. The van der Waals surface area contributed by atoms with Crippen molar-refractivity contribution in [2.45, 2.75) is 69.2 Å². The number of Topliss-reactive ketones (excluding diaryl/α,β-unsaturated/α-hetero) is 1. The average molecular weight is 525 g/mol. The van der Waals surface area contributed by atoms with E-state index in [4.69, 9.17) is 14.2 Å². The molecule has 1 heterocycles. The van der Waals surface area contributed by atoms with E-state index in [1.807, 2.05) is 12.1 Å². The van der Waals surface area contributed by atoms with Gasteiger partial charge in [-0.15, -0.1) is 0 Å². The lowest BCUT2D eigenvalue weighted by atomic mass is 9.53. The molecule has 8 nitrogen and oxygen atoms in total. The third-order valence-electron chi connectivity index (χ3n) is 8.44. The predicted molar refractivity (Wildman–Crippen MR) is 144 cm³/mol. The standard InChI is InChI=1S/C30H40N2O6/c1-5-26(34)31-15-10-8-6-7-9-11-27(35)38-29-24(36-3)13-12-20-17-22-21-18-25(37-4)23(33)19-30(21,28(20)29)14-16-32(22)2/h5,12-13,18,21-22H,1,6-11,14-17,19H2,2-4H3,(H,31,34)/t21-,22+,30-/m1/s1. The zero-order valence-electron chi connectivity index (χ0n) is 22.8. The lowest BCUT2D eigenvalue weighted by molar-refractivity contribution is -0.134. The third kappa shape index (κ3) is 5.51. The number of likely N-dealkylation sites (tertiary alicyclic amines) is 1. The van der Waals surface area contributed by atoms with Crippen LogP contribution in [0.2, 0.25) is 0 Å². The molecule has 1 saturated heterocycles. The molecule has 206 valence electrons. The van der Waals surface area contributed by atoms with Crippen molar-refractivity contribution < 1.29 is 28.6 Å². The zero-order chi connectivity index (χ0) is 27.3. The maximum Gasteiger partial charge on any atom is 0.311 e. The number of carbonyl (C=O) groups excluding carboxylic acids is 3. The quantitative estimate of drug-likeness (QED) is 0.192. The highest BCUT2D eigenvalue weighted by atomic mass is 16.6. The molecule has 38 heavy (non-hydrogen) atoms. The monoisotopic (exact) mass is 524 g/mol. The average Bonchev–Trinajstić information content (AvgIpc) is 2.91. The van der Waals surface area contributed by atoms with E-state index < -0.39 is 5.41 Å². The normalized spacial score (nSPS) is 24.0. The van der Waals surface area contributed by atoms with Gasteiger partial charge < -0.3 is 24.4 Å². The number of unbranched alkanes of at least 4 members (excludes halogenated alkanes) is 4. The molecule has 0 unspecified atom stereocenters. The summed E-state index contributed by atoms with van der Waals surface area (Å²) in [5, 5.41) is 2.77. The number of hydrogen-bond acceptors (Lipinski definition) is 7. The topological polar surface area (TPSA) is 94.2 Å². The van der Waals surface area contributed by atoms with Crippen molar-refractivity contribution >= 4 is 17.7 Å². The summed E-state index contributed by atoms with van der Waals surface area (Å²) < 4.78 is 17.2. The van der Waals surface area contributed by atoms with Gasteiger partial charge in [0.15, 0.2) is 23.0 Å². The number of amides is 1. The molecule has 1 aromatic rings. The van der Waals surface area contributed by atoms with Crippen molar-refractivity contribution in [3.05, 3.63) is 47.7 Å². The van der Waals surface area contributed by atoms with Crippen LogP contribution in [0, 0.1) is 5.92 Å². The summed E-state index contributed by atoms with van der Waals surface area (Å²) in [5.41, 5.74) is 1.63. The van der Waals surface area contributed by atoms with Crippen LogP contribution in [-0.2, 0) is 31.0 Å². The van der Waals surface area contributed by atoms with Crippen molar-refractivity contribution in [2.24, 2.45) is 5.92 Å². The third-order valence-corrected chi connectivity index (χ3v) is 8.44. The van der Waals surface area contributed by atoms with Crippen LogP contribution in [0.4, 0.5) is 0 Å². The Balaban J connectivity index is 1.48. The number of nitrogens with one attached hydrogen (secondary N) is 1. The number of carbonyl (C=O) groups is 3. The summed E-state index contributed by atoms with van der Waals surface area (Å²) in [6, 6.07) is 4.18. The summed E-state index contributed by atoms with van der Waals surface area (Å²) in [4.78, 5) is 39.7. The Kier molecular flexibility index (Phi) is 8.92. The van der Waals surface area contributed by atoms with E-state index in [-0.39, 0.29) is 29.6 Å². The lowest BCUT2D eigenvalue weighted by Gasteiger charge is -2.56. The van der Waals surface area contributed by atoms with E-state index in [0.717, 1.165) is 62.6 Å². The first-order valence-corrected chi connectivity index (χ1v) is 13.6. The number of ether oxygens (including phenoxy) is 3. The van der Waals surface area contributed by atoms with Gasteiger partial charge in [0.25, 0.3) is 0 Å². The number of rotatable bonds is 12. The van der Waals surface area contributed by atoms with Crippen molar-refractivity contribution in [1.29, 1.82) is 0 Å². The van der Waals surface area contributed by atoms with Crippen LogP contribution < -0.4 is 14.8 Å². The molecule has 8 heteroatoms. The zero-order valence-corrected chi connectivity index (χ0v) is 22.8. The van der Waals surface area contributed by atoms with Gasteiger partial charge in [-0.3, -0.25) is 14.4 Å². The molecule has 3 aliphatic rings. The van der Waals surface area contributed by atoms with Crippen LogP contribution in [0.25, 0.3) is 0 Å². The largest absolute Gasteiger partial charge is 0.493 e. The molecule has 2 bridgehead atoms. The van der Waals surface area contributed by atoms with E-state index in [1.165, 1.54) is 6.08 Å². The van der Waals surface area contributed by atoms with Gasteiger partial charge in [0.05, 0.1) is 14.2 Å². The number of fused-ring (bicyclic) bond motifs is 1. The van der Waals surface area contributed by atoms with Gasteiger partial charge in [-0.05, 0) is 63.1 Å². The Bertz CT molecular complexity index is 1110. The molecule has 1 aliphatic heterocycles. The maximum absolute atomic E-state index is 13.1. The van der Waals surface area contributed by atoms with Crippen molar-refractivity contribution in [3.8, 4) is 11.5 Å². The summed E-state index contributed by atoms with van der Waals surface area (Å²) in [7, 11) is 5.27. The Hall–Kier alpha value is -3.13. The summed E-state index contributed by atoms with van der Waals surface area (Å²) >= 11 is 0. The number of methoxy groups -OCH3 is 2. The minimum atomic E-state index is -0.449. The number of benzene rings is 1. The highest BCUT2D eigenvalue weighted by molar-refractivity contribution is 5.96. The van der Waals surface area contributed by atoms with Gasteiger partial charge in [0.2, 0.25) is 5.91 Å². The van der Waals surface area contributed by atoms with E-state index >= 15 is 0 Å². The molecule has 0 saturated carbocycles. The van der Waals surface area contributed by atoms with Gasteiger partial charge in [-0.25, -0.2) is 0 Å². The molecule has 2 aliphatic carbocycles. The predicted octanol–water partition coefficient (Wildman–Crippen LogP) is 3.86. The number of esters is 1. The van der Waals surface area contributed by atoms with Crippen LogP contribution in [0.1, 0.15) is 62.5 Å². The Morgan fingerprint density at radius 3 is 2.66 bits per heavy atom. The minimum absolute atomic E-state index is 0.0101. The summed E-state index contributed by atoms with van der Waals surface area (Å²) in [5.74, 6) is 1.07. The number of ketones is 1. The second kappa shape index (κ2) is 12.2. The Labute approximate surface area is 225 Å². The molecule has 1 N–H and O–H groups in total. The fraction of sp³-hybridized carbons (Fsp3) is 0.567. The van der Waals surface area contributed by atoms with E-state index in [9.17, 15) is 14.4 Å². The SMILES string of the molecule is C=CC(=O)NCCCCCCCC(=O)Oc1c(OC)ccc2c1[C@@]13CCN(C)[C@@H](C2)[C@H]1C=C(OC)C(=O)C3. The Morgan fingerprint density at radius 1 is 1.16 bits per heavy atom. The molecule has 3 atom stereocenters. The molecule has 0 aromatic heterocycles. The number of piperidine rings is 1. The lowest BCUT2D eigenvalue weighted by Crippen LogP contribution is -2.60. The molecular formula is C30H40N2O6. The fourth-order valence-electron chi connectivity index (χ4n) is 6.48. The first-order valence-electron chi connectivity index (χ1n) is 13.6. The number of likely N-dealkylation sites (N-methyl/N-ethyl adjacent to an activating group) is 1. The minimum Gasteiger partial charge on any atom is -0.493 e. The van der Waals surface area contributed by atoms with Crippen molar-refractivity contribution in [1.82, 2.24) is 10.2 Å². The van der Waals surface area contributed by atoms with Crippen LogP contribution in [0.3, 0.4) is 0 Å². The first kappa shape index (κ1) is 27.9. The number of nitrogens with zero attached hydrogens (tertiary/aromatic N) is 1. The molecule has 4 rings (SSSR count). The first-order chi connectivity index (χ1) is 18.3. The summed E-state index contributed by atoms with van der Waals surface area (Å²) in [6.07, 6.45) is 10.0. The van der Waals surface area contributed by atoms with Gasteiger partial charge in [-0.2, -0.15) is 0 Å². The fourth-order valence-corrected chi connectivity index (χ4v) is 6.48. The van der Waals surface area contributed by atoms with Gasteiger partial charge in [-0.1, -0.05) is 31.9 Å². The van der Waals surface area contributed by atoms with Crippen LogP contribution >= 0.6 is 0 Å². The molecule has 1 aromatic carbocycles. The molecular weight excluding hydrogens is 484 g/mol. The Morgan fingerprint density at radius 2 is 1.92 bits per heavy atom. The second-order valence-corrected chi connectivity index (χ2v) is 10.6. The van der Waals surface area contributed by atoms with Gasteiger partial charge in [0, 0.05) is 42.3 Å². The molecule has 1 amide bonds. The van der Waals surface area contributed by atoms with Crippen LogP contribution in [-0.4, -0.2) is 63.0 Å². The molecule has 0 spiro atoms.